The molecule has 3 amide bonds. The summed E-state index contributed by atoms with van der Waals surface area (Å²) >= 11 is 0. The van der Waals surface area contributed by atoms with Crippen LogP contribution in [0.15, 0.2) is 18.2 Å². The molecule has 3 rings (SSSR count). The number of benzene rings is 1. The van der Waals surface area contributed by atoms with Gasteiger partial charge in [0, 0.05) is 5.69 Å². The van der Waals surface area contributed by atoms with E-state index in [0.717, 1.165) is 28.9 Å². The van der Waals surface area contributed by atoms with Gasteiger partial charge in [0.25, 0.3) is 5.91 Å². The van der Waals surface area contributed by atoms with Crippen molar-refractivity contribution in [3.63, 3.8) is 0 Å². The molecule has 1 N–H and O–H groups in total. The monoisotopic (exact) mass is 372 g/mol. The predicted octanol–water partition coefficient (Wildman–Crippen LogP) is 1.96. The van der Waals surface area contributed by atoms with Crippen LogP contribution in [0.25, 0.3) is 0 Å². The van der Waals surface area contributed by atoms with Crippen LogP contribution in [0.5, 0.6) is 0 Å². The van der Waals surface area contributed by atoms with Crippen molar-refractivity contribution in [1.29, 1.82) is 0 Å². The lowest BCUT2D eigenvalue weighted by Crippen LogP contribution is -2.37. The van der Waals surface area contributed by atoms with Crippen LogP contribution in [0.3, 0.4) is 0 Å². The average molecular weight is 372 g/mol. The molecule has 0 bridgehead atoms. The molecule has 27 heavy (non-hydrogen) atoms. The molecule has 0 unspecified atom stereocenters. The third-order valence-corrected chi connectivity index (χ3v) is 5.25. The van der Waals surface area contributed by atoms with Gasteiger partial charge in [-0.05, 0) is 43.9 Å². The lowest BCUT2D eigenvalue weighted by Gasteiger charge is -2.19. The van der Waals surface area contributed by atoms with Gasteiger partial charge in [-0.3, -0.25) is 24.1 Å². The molecule has 0 radical (unpaired) electrons. The van der Waals surface area contributed by atoms with Crippen LogP contribution in [0, 0.1) is 25.7 Å². The van der Waals surface area contributed by atoms with Gasteiger partial charge in [-0.25, -0.2) is 0 Å². The van der Waals surface area contributed by atoms with E-state index in [-0.39, 0.29) is 23.7 Å². The number of esters is 1. The van der Waals surface area contributed by atoms with Gasteiger partial charge >= 0.3 is 5.97 Å². The van der Waals surface area contributed by atoms with Gasteiger partial charge in [-0.2, -0.15) is 0 Å². The molecular weight excluding hydrogens is 348 g/mol. The van der Waals surface area contributed by atoms with Crippen LogP contribution in [-0.2, 0) is 23.9 Å². The van der Waals surface area contributed by atoms with Crippen LogP contribution < -0.4 is 5.32 Å². The van der Waals surface area contributed by atoms with Crippen molar-refractivity contribution >= 4 is 29.4 Å². The fourth-order valence-electron chi connectivity index (χ4n) is 3.76. The summed E-state index contributed by atoms with van der Waals surface area (Å²) in [5.74, 6) is -2.41. The summed E-state index contributed by atoms with van der Waals surface area (Å²) in [4.78, 5) is 49.7. The summed E-state index contributed by atoms with van der Waals surface area (Å²) in [7, 11) is 0. The molecule has 1 aromatic carbocycles. The van der Waals surface area contributed by atoms with E-state index in [1.807, 2.05) is 32.0 Å². The van der Waals surface area contributed by atoms with Crippen molar-refractivity contribution in [2.24, 2.45) is 11.8 Å². The zero-order valence-electron chi connectivity index (χ0n) is 15.6. The Hall–Kier alpha value is -2.70. The number of aryl methyl sites for hydroxylation is 2. The Morgan fingerprint density at radius 1 is 1.11 bits per heavy atom. The summed E-state index contributed by atoms with van der Waals surface area (Å²) in [6.45, 7) is 2.89. The lowest BCUT2D eigenvalue weighted by molar-refractivity contribution is -0.154. The zero-order chi connectivity index (χ0) is 19.6. The first-order valence-electron chi connectivity index (χ1n) is 9.25. The molecule has 2 atom stereocenters. The fraction of sp³-hybridized carbons (Fsp3) is 0.500. The van der Waals surface area contributed by atoms with Crippen LogP contribution in [-0.4, -0.2) is 41.7 Å². The number of rotatable bonds is 5. The zero-order valence-corrected chi connectivity index (χ0v) is 15.6. The lowest BCUT2D eigenvalue weighted by atomic mass is 9.81. The van der Waals surface area contributed by atoms with Crippen LogP contribution in [0.1, 0.15) is 36.8 Å². The summed E-state index contributed by atoms with van der Waals surface area (Å²) in [6.07, 6.45) is 3.24. The van der Waals surface area contributed by atoms with Crippen molar-refractivity contribution in [3.05, 3.63) is 29.3 Å². The number of nitrogens with one attached hydrogen (secondary N) is 1. The smallest absolute Gasteiger partial charge is 0.326 e. The molecule has 1 aliphatic heterocycles. The van der Waals surface area contributed by atoms with Crippen molar-refractivity contribution in [2.75, 3.05) is 18.5 Å². The van der Waals surface area contributed by atoms with Gasteiger partial charge in [0.2, 0.25) is 11.8 Å². The summed E-state index contributed by atoms with van der Waals surface area (Å²) in [5.41, 5.74) is 2.56. The van der Waals surface area contributed by atoms with Gasteiger partial charge in [0.15, 0.2) is 6.61 Å². The molecule has 0 spiro atoms. The number of amides is 3. The second-order valence-corrected chi connectivity index (χ2v) is 7.29. The van der Waals surface area contributed by atoms with Gasteiger partial charge < -0.3 is 10.1 Å². The van der Waals surface area contributed by atoms with Crippen LogP contribution >= 0.6 is 0 Å². The minimum atomic E-state index is -0.758. The highest BCUT2D eigenvalue weighted by Gasteiger charge is 2.48. The molecule has 1 saturated carbocycles. The maximum atomic E-state index is 12.4. The highest BCUT2D eigenvalue weighted by atomic mass is 16.5. The third kappa shape index (κ3) is 4.18. The molecule has 144 valence electrons. The Kier molecular flexibility index (Phi) is 5.58. The Morgan fingerprint density at radius 2 is 1.74 bits per heavy atom. The number of imide groups is 1. The van der Waals surface area contributed by atoms with Gasteiger partial charge in [0.05, 0.1) is 11.8 Å². The van der Waals surface area contributed by atoms with Crippen molar-refractivity contribution < 1.29 is 23.9 Å². The number of likely N-dealkylation sites (tertiary alicyclic amines) is 1. The molecule has 1 heterocycles. The van der Waals surface area contributed by atoms with E-state index in [9.17, 15) is 19.2 Å². The number of hydrogen-bond donors (Lipinski definition) is 1. The van der Waals surface area contributed by atoms with Gasteiger partial charge in [-0.15, -0.1) is 0 Å². The Balaban J connectivity index is 1.51. The minimum Gasteiger partial charge on any atom is -0.454 e. The number of anilines is 1. The van der Waals surface area contributed by atoms with E-state index < -0.39 is 25.0 Å². The molecule has 1 aromatic rings. The van der Waals surface area contributed by atoms with Crippen molar-refractivity contribution in [3.8, 4) is 0 Å². The second-order valence-electron chi connectivity index (χ2n) is 7.29. The van der Waals surface area contributed by atoms with Crippen molar-refractivity contribution in [1.82, 2.24) is 4.90 Å². The number of carbonyl (C=O) groups is 4. The number of carbonyl (C=O) groups excluding carboxylic acids is 4. The first-order valence-corrected chi connectivity index (χ1v) is 9.25. The first kappa shape index (κ1) is 19.1. The Morgan fingerprint density at radius 3 is 2.37 bits per heavy atom. The standard InChI is InChI=1S/C20H24N2O5/c1-12-7-8-13(2)16(9-12)21-17(23)11-27-18(24)10-22-19(25)14-5-3-4-6-15(14)20(22)26/h7-9,14-15H,3-6,10-11H2,1-2H3,(H,21,23)/t14-,15-/m0/s1. The molecule has 7 nitrogen and oxygen atoms in total. The molecule has 0 aromatic heterocycles. The fourth-order valence-corrected chi connectivity index (χ4v) is 3.76. The summed E-state index contributed by atoms with van der Waals surface area (Å²) < 4.78 is 4.96. The Labute approximate surface area is 158 Å². The minimum absolute atomic E-state index is 0.290. The van der Waals surface area contributed by atoms with E-state index in [4.69, 9.17) is 4.74 Å². The molecular formula is C20H24N2O5. The Bertz CT molecular complexity index is 765. The topological polar surface area (TPSA) is 92.8 Å². The average Bonchev–Trinajstić information content (AvgIpc) is 2.88. The first-order chi connectivity index (χ1) is 12.9. The largest absolute Gasteiger partial charge is 0.454 e. The molecule has 2 aliphatic rings. The number of hydrogen-bond acceptors (Lipinski definition) is 5. The van der Waals surface area contributed by atoms with E-state index in [1.165, 1.54) is 0 Å². The summed E-state index contributed by atoms with van der Waals surface area (Å²) in [6, 6.07) is 5.66. The maximum Gasteiger partial charge on any atom is 0.326 e. The number of nitrogens with zero attached hydrogens (tertiary/aromatic N) is 1. The quantitative estimate of drug-likeness (QED) is 0.630. The number of fused-ring (bicyclic) bond motifs is 1. The highest BCUT2D eigenvalue weighted by Crippen LogP contribution is 2.37. The SMILES string of the molecule is Cc1ccc(C)c(NC(=O)COC(=O)CN2C(=O)[C@H]3CCCC[C@@H]3C2=O)c1. The van der Waals surface area contributed by atoms with Crippen LogP contribution in [0.2, 0.25) is 0 Å². The molecule has 1 saturated heterocycles. The van der Waals surface area contributed by atoms with Gasteiger partial charge in [0.1, 0.15) is 6.54 Å². The van der Waals surface area contributed by atoms with Crippen molar-refractivity contribution in [2.45, 2.75) is 39.5 Å². The highest BCUT2D eigenvalue weighted by molar-refractivity contribution is 6.07. The van der Waals surface area contributed by atoms with Crippen LogP contribution in [0.4, 0.5) is 5.69 Å². The molecule has 7 heteroatoms. The summed E-state index contributed by atoms with van der Waals surface area (Å²) in [5, 5.41) is 2.69. The van der Waals surface area contributed by atoms with E-state index >= 15 is 0 Å². The van der Waals surface area contributed by atoms with E-state index in [2.05, 4.69) is 5.32 Å². The molecule has 1 aliphatic carbocycles. The van der Waals surface area contributed by atoms with E-state index in [0.29, 0.717) is 18.5 Å². The normalized spacial score (nSPS) is 21.8. The molecule has 2 fully saturated rings. The van der Waals surface area contributed by atoms with Gasteiger partial charge in [-0.1, -0.05) is 25.0 Å². The van der Waals surface area contributed by atoms with E-state index in [1.54, 1.807) is 0 Å². The number of ether oxygens (including phenoxy) is 1. The third-order valence-electron chi connectivity index (χ3n) is 5.25. The maximum absolute atomic E-state index is 12.4. The second kappa shape index (κ2) is 7.90. The predicted molar refractivity (Wildman–Crippen MR) is 97.7 cm³/mol.